The SMILES string of the molecule is COc1ccc(Cl)cc1C(=O)/C=C/c1cnc2ccccc2c1. The van der Waals surface area contributed by atoms with Crippen molar-refractivity contribution in [3.63, 3.8) is 0 Å². The lowest BCUT2D eigenvalue weighted by atomic mass is 10.1. The summed E-state index contributed by atoms with van der Waals surface area (Å²) >= 11 is 5.96. The third-order valence-corrected chi connectivity index (χ3v) is 3.70. The predicted octanol–water partition coefficient (Wildman–Crippen LogP) is 4.79. The number of allylic oxidation sites excluding steroid dienone is 1. The number of para-hydroxylation sites is 1. The lowest BCUT2D eigenvalue weighted by molar-refractivity contribution is 0.104. The summed E-state index contributed by atoms with van der Waals surface area (Å²) in [5.74, 6) is 0.332. The molecule has 0 amide bonds. The summed E-state index contributed by atoms with van der Waals surface area (Å²) in [5.41, 5.74) is 2.22. The number of carbonyl (C=O) groups excluding carboxylic acids is 1. The summed E-state index contributed by atoms with van der Waals surface area (Å²) in [6.45, 7) is 0. The Labute approximate surface area is 139 Å². The Morgan fingerprint density at radius 3 is 2.83 bits per heavy atom. The third-order valence-electron chi connectivity index (χ3n) is 3.47. The van der Waals surface area contributed by atoms with E-state index in [1.54, 1.807) is 30.5 Å². The molecular formula is C19H14ClNO2. The van der Waals surface area contributed by atoms with Crippen LogP contribution in [0.2, 0.25) is 5.02 Å². The molecule has 0 radical (unpaired) electrons. The Hall–Kier alpha value is -2.65. The Balaban J connectivity index is 1.89. The first-order valence-electron chi connectivity index (χ1n) is 7.08. The largest absolute Gasteiger partial charge is 0.496 e. The molecular weight excluding hydrogens is 310 g/mol. The number of methoxy groups -OCH3 is 1. The van der Waals surface area contributed by atoms with Crippen LogP contribution in [0.5, 0.6) is 5.75 Å². The van der Waals surface area contributed by atoms with Crippen molar-refractivity contribution < 1.29 is 9.53 Å². The van der Waals surface area contributed by atoms with Crippen molar-refractivity contribution in [2.75, 3.05) is 7.11 Å². The van der Waals surface area contributed by atoms with E-state index in [4.69, 9.17) is 16.3 Å². The quantitative estimate of drug-likeness (QED) is 0.511. The molecule has 0 N–H and O–H groups in total. The average Bonchev–Trinajstić information content (AvgIpc) is 2.59. The van der Waals surface area contributed by atoms with E-state index in [2.05, 4.69) is 4.98 Å². The van der Waals surface area contributed by atoms with Crippen molar-refractivity contribution in [2.24, 2.45) is 0 Å². The van der Waals surface area contributed by atoms with E-state index in [-0.39, 0.29) is 5.78 Å². The van der Waals surface area contributed by atoms with Crippen molar-refractivity contribution >= 4 is 34.4 Å². The zero-order valence-electron chi connectivity index (χ0n) is 12.5. The Bertz CT molecular complexity index is 903. The fourth-order valence-corrected chi connectivity index (χ4v) is 2.49. The molecule has 4 heteroatoms. The Morgan fingerprint density at radius 2 is 2.00 bits per heavy atom. The number of hydrogen-bond donors (Lipinski definition) is 0. The number of halogens is 1. The number of nitrogens with zero attached hydrogens (tertiary/aromatic N) is 1. The Kier molecular flexibility index (Phi) is 4.40. The fourth-order valence-electron chi connectivity index (χ4n) is 2.31. The van der Waals surface area contributed by atoms with Gasteiger partial charge in [-0.25, -0.2) is 0 Å². The number of fused-ring (bicyclic) bond motifs is 1. The molecule has 3 nitrogen and oxygen atoms in total. The van der Waals surface area contributed by atoms with Gasteiger partial charge in [0.1, 0.15) is 5.75 Å². The van der Waals surface area contributed by atoms with E-state index in [9.17, 15) is 4.79 Å². The van der Waals surface area contributed by atoms with Crippen LogP contribution in [-0.2, 0) is 0 Å². The highest BCUT2D eigenvalue weighted by Crippen LogP contribution is 2.23. The number of aromatic nitrogens is 1. The van der Waals surface area contributed by atoms with Gasteiger partial charge >= 0.3 is 0 Å². The predicted molar refractivity (Wildman–Crippen MR) is 93.1 cm³/mol. The average molecular weight is 324 g/mol. The van der Waals surface area contributed by atoms with Crippen LogP contribution >= 0.6 is 11.6 Å². The number of ketones is 1. The maximum atomic E-state index is 12.4. The number of benzene rings is 2. The summed E-state index contributed by atoms with van der Waals surface area (Å²) < 4.78 is 5.21. The number of ether oxygens (including phenoxy) is 1. The van der Waals surface area contributed by atoms with E-state index in [1.807, 2.05) is 30.3 Å². The van der Waals surface area contributed by atoms with Crippen LogP contribution in [0.25, 0.3) is 17.0 Å². The number of carbonyl (C=O) groups is 1. The van der Waals surface area contributed by atoms with Crippen LogP contribution in [0, 0.1) is 0 Å². The van der Waals surface area contributed by atoms with Crippen LogP contribution in [0.15, 0.2) is 60.8 Å². The van der Waals surface area contributed by atoms with Gasteiger partial charge in [0.2, 0.25) is 0 Å². The second-order valence-electron chi connectivity index (χ2n) is 5.00. The van der Waals surface area contributed by atoms with E-state index >= 15 is 0 Å². The first kappa shape index (κ1) is 15.3. The Morgan fingerprint density at radius 1 is 1.17 bits per heavy atom. The van der Waals surface area contributed by atoms with Crippen LogP contribution in [-0.4, -0.2) is 17.9 Å². The standard InChI is InChI=1S/C19H14ClNO2/c1-23-19-9-7-15(20)11-16(19)18(22)8-6-13-10-14-4-2-3-5-17(14)21-12-13/h2-12H,1H3/b8-6+. The van der Waals surface area contributed by atoms with Gasteiger partial charge in [0, 0.05) is 16.6 Å². The zero-order valence-corrected chi connectivity index (χ0v) is 13.2. The van der Waals surface area contributed by atoms with Crippen molar-refractivity contribution in [3.05, 3.63) is 77.0 Å². The topological polar surface area (TPSA) is 39.2 Å². The van der Waals surface area contributed by atoms with Gasteiger partial charge in [0.15, 0.2) is 5.78 Å². The molecule has 3 aromatic rings. The summed E-state index contributed by atoms with van der Waals surface area (Å²) in [4.78, 5) is 16.7. The first-order valence-corrected chi connectivity index (χ1v) is 7.46. The lowest BCUT2D eigenvalue weighted by Gasteiger charge is -2.05. The first-order chi connectivity index (χ1) is 11.2. The second-order valence-corrected chi connectivity index (χ2v) is 5.44. The van der Waals surface area contributed by atoms with E-state index < -0.39 is 0 Å². The van der Waals surface area contributed by atoms with Crippen LogP contribution in [0.3, 0.4) is 0 Å². The summed E-state index contributed by atoms with van der Waals surface area (Å²) in [6, 6.07) is 14.8. The second kappa shape index (κ2) is 6.63. The molecule has 0 aliphatic carbocycles. The minimum atomic E-state index is -0.169. The van der Waals surface area contributed by atoms with Crippen LogP contribution < -0.4 is 4.74 Å². The maximum Gasteiger partial charge on any atom is 0.189 e. The molecule has 0 spiro atoms. The zero-order chi connectivity index (χ0) is 16.2. The molecule has 0 aliphatic heterocycles. The van der Waals surface area contributed by atoms with Gasteiger partial charge in [0.05, 0.1) is 18.2 Å². The molecule has 2 aromatic carbocycles. The van der Waals surface area contributed by atoms with Gasteiger partial charge < -0.3 is 4.74 Å². The molecule has 1 aromatic heterocycles. The lowest BCUT2D eigenvalue weighted by Crippen LogP contribution is -1.98. The molecule has 3 rings (SSSR count). The van der Waals surface area contributed by atoms with Crippen molar-refractivity contribution in [1.29, 1.82) is 0 Å². The minimum Gasteiger partial charge on any atom is -0.496 e. The van der Waals surface area contributed by atoms with Gasteiger partial charge in [-0.2, -0.15) is 0 Å². The molecule has 0 saturated carbocycles. The highest BCUT2D eigenvalue weighted by molar-refractivity contribution is 6.31. The molecule has 23 heavy (non-hydrogen) atoms. The molecule has 1 heterocycles. The summed E-state index contributed by atoms with van der Waals surface area (Å²) in [6.07, 6.45) is 4.98. The van der Waals surface area contributed by atoms with Crippen molar-refractivity contribution in [1.82, 2.24) is 4.98 Å². The van der Waals surface area contributed by atoms with Gasteiger partial charge in [-0.1, -0.05) is 29.8 Å². The molecule has 0 aliphatic rings. The molecule has 0 bridgehead atoms. The fraction of sp³-hybridized carbons (Fsp3) is 0.0526. The summed E-state index contributed by atoms with van der Waals surface area (Å²) in [5, 5.41) is 1.53. The van der Waals surface area contributed by atoms with Gasteiger partial charge in [0.25, 0.3) is 0 Å². The van der Waals surface area contributed by atoms with Gasteiger partial charge in [-0.3, -0.25) is 9.78 Å². The maximum absolute atomic E-state index is 12.4. The van der Waals surface area contributed by atoms with E-state index in [0.29, 0.717) is 16.3 Å². The van der Waals surface area contributed by atoms with E-state index in [1.165, 1.54) is 13.2 Å². The van der Waals surface area contributed by atoms with Crippen LogP contribution in [0.4, 0.5) is 0 Å². The third kappa shape index (κ3) is 3.41. The number of pyridine rings is 1. The number of hydrogen-bond acceptors (Lipinski definition) is 3. The highest BCUT2D eigenvalue weighted by Gasteiger charge is 2.10. The highest BCUT2D eigenvalue weighted by atomic mass is 35.5. The number of rotatable bonds is 4. The van der Waals surface area contributed by atoms with E-state index in [0.717, 1.165) is 16.5 Å². The van der Waals surface area contributed by atoms with Crippen LogP contribution in [0.1, 0.15) is 15.9 Å². The normalized spacial score (nSPS) is 11.0. The molecule has 0 fully saturated rings. The molecule has 0 saturated heterocycles. The molecule has 0 atom stereocenters. The molecule has 0 unspecified atom stereocenters. The monoisotopic (exact) mass is 323 g/mol. The van der Waals surface area contributed by atoms with Gasteiger partial charge in [-0.05, 0) is 48.0 Å². The van der Waals surface area contributed by atoms with Gasteiger partial charge in [-0.15, -0.1) is 0 Å². The molecule has 114 valence electrons. The van der Waals surface area contributed by atoms with Crippen molar-refractivity contribution in [3.8, 4) is 5.75 Å². The van der Waals surface area contributed by atoms with Crippen molar-refractivity contribution in [2.45, 2.75) is 0 Å². The summed E-state index contributed by atoms with van der Waals surface area (Å²) in [7, 11) is 1.52. The smallest absolute Gasteiger partial charge is 0.189 e. The minimum absolute atomic E-state index is 0.169.